The molecule has 0 saturated carbocycles. The largest absolute Gasteiger partial charge is 0.469 e. The summed E-state index contributed by atoms with van der Waals surface area (Å²) in [6, 6.07) is 0. The first-order valence-corrected chi connectivity index (χ1v) is 18.4. The molecule has 0 fully saturated rings. The van der Waals surface area contributed by atoms with E-state index in [1.54, 1.807) is 6.08 Å². The lowest BCUT2D eigenvalue weighted by Gasteiger charge is -2.18. The zero-order valence-corrected chi connectivity index (χ0v) is 28.6. The number of hydrogen-bond acceptors (Lipinski definition) is 7. The lowest BCUT2D eigenvalue weighted by molar-refractivity contribution is -0.161. The fourth-order valence-electron chi connectivity index (χ4n) is 4.27. The van der Waals surface area contributed by atoms with Gasteiger partial charge in [-0.25, -0.2) is 4.57 Å². The first-order chi connectivity index (χ1) is 21.7. The van der Waals surface area contributed by atoms with Gasteiger partial charge in [-0.15, -0.1) is 0 Å². The van der Waals surface area contributed by atoms with Gasteiger partial charge < -0.3 is 19.3 Å². The Morgan fingerprint density at radius 2 is 1.22 bits per heavy atom. The van der Waals surface area contributed by atoms with Crippen LogP contribution in [-0.4, -0.2) is 46.8 Å². The van der Waals surface area contributed by atoms with Crippen molar-refractivity contribution in [3.05, 3.63) is 48.6 Å². The number of esters is 2. The second kappa shape index (κ2) is 30.3. The summed E-state index contributed by atoms with van der Waals surface area (Å²) in [6.07, 6.45) is 31.4. The Kier molecular flexibility index (Phi) is 28.8. The van der Waals surface area contributed by atoms with Crippen molar-refractivity contribution in [1.29, 1.82) is 0 Å². The Balaban J connectivity index is 4.24. The maximum absolute atomic E-state index is 12.2. The minimum atomic E-state index is -4.80. The Morgan fingerprint density at radius 1 is 0.644 bits per heavy atom. The molecule has 2 N–H and O–H groups in total. The maximum Gasteiger partial charge on any atom is 0.469 e. The second-order valence-electron chi connectivity index (χ2n) is 11.2. The summed E-state index contributed by atoms with van der Waals surface area (Å²) in [5.74, 6) is -1.26. The number of allylic oxidation sites excluding steroid dienone is 8. The minimum absolute atomic E-state index is 0.0221. The standard InChI is InChI=1S/C35H59O9P/c1-3-5-7-9-11-13-14-15-16-18-19-21-23-26-32(36)27-25-29-34(37)42-30-33(31-43-45(39,40)41)44-35(38)28-24-22-20-17-12-10-8-6-4-2/h11,13,15-16,19,21,23,26,33H,3-10,12,14,17-18,20,22,24-25,27-31H2,1-2H3,(H2,39,40,41)/b13-11-,16-15-,21-19-,26-23+/t33-/m1/s1. The van der Waals surface area contributed by atoms with E-state index in [0.717, 1.165) is 38.5 Å². The Labute approximate surface area is 271 Å². The molecule has 0 aromatic carbocycles. The summed E-state index contributed by atoms with van der Waals surface area (Å²) in [5, 5.41) is 0. The van der Waals surface area contributed by atoms with E-state index in [2.05, 4.69) is 42.7 Å². The zero-order valence-electron chi connectivity index (χ0n) is 27.7. The van der Waals surface area contributed by atoms with Gasteiger partial charge in [0.15, 0.2) is 11.9 Å². The summed E-state index contributed by atoms with van der Waals surface area (Å²) >= 11 is 0. The molecular weight excluding hydrogens is 595 g/mol. The number of unbranched alkanes of at least 4 members (excludes halogenated alkanes) is 11. The Morgan fingerprint density at radius 3 is 1.89 bits per heavy atom. The number of rotatable bonds is 30. The molecule has 45 heavy (non-hydrogen) atoms. The van der Waals surface area contributed by atoms with Gasteiger partial charge >= 0.3 is 19.8 Å². The molecule has 0 heterocycles. The number of carbonyl (C=O) groups excluding carboxylic acids is 3. The van der Waals surface area contributed by atoms with Gasteiger partial charge in [-0.2, -0.15) is 0 Å². The van der Waals surface area contributed by atoms with Crippen LogP contribution in [0.5, 0.6) is 0 Å². The van der Waals surface area contributed by atoms with E-state index in [4.69, 9.17) is 19.3 Å². The van der Waals surface area contributed by atoms with Crippen LogP contribution in [0.15, 0.2) is 48.6 Å². The Hall–Kier alpha value is -2.32. The number of ketones is 1. The van der Waals surface area contributed by atoms with Crippen LogP contribution >= 0.6 is 7.82 Å². The van der Waals surface area contributed by atoms with Crippen LogP contribution in [-0.2, 0) is 32.9 Å². The van der Waals surface area contributed by atoms with Gasteiger partial charge in [-0.1, -0.05) is 121 Å². The van der Waals surface area contributed by atoms with Crippen molar-refractivity contribution in [2.75, 3.05) is 13.2 Å². The highest BCUT2D eigenvalue weighted by Crippen LogP contribution is 2.35. The molecule has 0 aliphatic rings. The SMILES string of the molecule is CCCCC/C=C\C/C=C\C/C=C\C=C\C(=O)CCCC(=O)OC[C@H](COP(=O)(O)O)OC(=O)CCCCCCCCCCC. The fraction of sp³-hybridized carbons (Fsp3) is 0.686. The molecule has 0 aliphatic carbocycles. The summed E-state index contributed by atoms with van der Waals surface area (Å²) in [7, 11) is -4.80. The molecule has 0 spiro atoms. The predicted molar refractivity (Wildman–Crippen MR) is 179 cm³/mol. The molecule has 0 rings (SSSR count). The lowest BCUT2D eigenvalue weighted by atomic mass is 10.1. The van der Waals surface area contributed by atoms with E-state index in [1.807, 2.05) is 12.2 Å². The van der Waals surface area contributed by atoms with E-state index in [0.29, 0.717) is 6.42 Å². The summed E-state index contributed by atoms with van der Waals surface area (Å²) in [4.78, 5) is 54.4. The molecule has 0 unspecified atom stereocenters. The highest BCUT2D eigenvalue weighted by Gasteiger charge is 2.23. The third kappa shape index (κ3) is 32.9. The average Bonchev–Trinajstić information content (AvgIpc) is 2.99. The van der Waals surface area contributed by atoms with Gasteiger partial charge in [0.05, 0.1) is 6.61 Å². The zero-order chi connectivity index (χ0) is 33.4. The number of phosphoric acid groups is 1. The summed E-state index contributed by atoms with van der Waals surface area (Å²) < 4.78 is 26.0. The molecule has 0 amide bonds. The summed E-state index contributed by atoms with van der Waals surface area (Å²) in [6.45, 7) is 3.38. The van der Waals surface area contributed by atoms with Crippen LogP contribution in [0, 0.1) is 0 Å². The van der Waals surface area contributed by atoms with Crippen molar-refractivity contribution in [2.45, 2.75) is 142 Å². The molecule has 0 radical (unpaired) electrons. The van der Waals surface area contributed by atoms with Crippen LogP contribution < -0.4 is 0 Å². The smallest absolute Gasteiger partial charge is 0.462 e. The fourth-order valence-corrected chi connectivity index (χ4v) is 4.63. The van der Waals surface area contributed by atoms with Crippen molar-refractivity contribution in [3.8, 4) is 0 Å². The highest BCUT2D eigenvalue weighted by molar-refractivity contribution is 7.46. The Bertz CT molecular complexity index is 933. The van der Waals surface area contributed by atoms with Gasteiger partial charge in [0, 0.05) is 19.3 Å². The molecule has 0 aromatic heterocycles. The van der Waals surface area contributed by atoms with Crippen LogP contribution in [0.2, 0.25) is 0 Å². The lowest BCUT2D eigenvalue weighted by Crippen LogP contribution is -2.29. The van der Waals surface area contributed by atoms with Crippen molar-refractivity contribution < 1.29 is 42.7 Å². The number of ether oxygens (including phenoxy) is 2. The second-order valence-corrected chi connectivity index (χ2v) is 12.4. The van der Waals surface area contributed by atoms with Gasteiger partial charge in [0.1, 0.15) is 6.61 Å². The van der Waals surface area contributed by atoms with Crippen molar-refractivity contribution in [2.24, 2.45) is 0 Å². The number of phosphoric ester groups is 1. The molecule has 0 aromatic rings. The van der Waals surface area contributed by atoms with Crippen molar-refractivity contribution >= 4 is 25.5 Å². The van der Waals surface area contributed by atoms with E-state index in [1.165, 1.54) is 57.4 Å². The minimum Gasteiger partial charge on any atom is -0.462 e. The number of hydrogen-bond donors (Lipinski definition) is 2. The van der Waals surface area contributed by atoms with Crippen molar-refractivity contribution in [3.63, 3.8) is 0 Å². The molecule has 10 heteroatoms. The monoisotopic (exact) mass is 654 g/mol. The quantitative estimate of drug-likeness (QED) is 0.0194. The van der Waals surface area contributed by atoms with Gasteiger partial charge in [-0.05, 0) is 44.6 Å². The molecule has 0 saturated heterocycles. The maximum atomic E-state index is 12.2. The van der Waals surface area contributed by atoms with Crippen LogP contribution in [0.1, 0.15) is 136 Å². The summed E-state index contributed by atoms with van der Waals surface area (Å²) in [5.41, 5.74) is 0. The van der Waals surface area contributed by atoms with Crippen LogP contribution in [0.3, 0.4) is 0 Å². The third-order valence-electron chi connectivity index (χ3n) is 6.83. The number of carbonyl (C=O) groups is 3. The van der Waals surface area contributed by atoms with E-state index < -0.39 is 39.1 Å². The van der Waals surface area contributed by atoms with Crippen molar-refractivity contribution in [1.82, 2.24) is 0 Å². The average molecular weight is 655 g/mol. The molecule has 258 valence electrons. The van der Waals surface area contributed by atoms with E-state index in [9.17, 15) is 18.9 Å². The first-order valence-electron chi connectivity index (χ1n) is 16.9. The predicted octanol–water partition coefficient (Wildman–Crippen LogP) is 8.80. The molecular formula is C35H59O9P. The van der Waals surface area contributed by atoms with Gasteiger partial charge in [0.25, 0.3) is 0 Å². The molecule has 0 aliphatic heterocycles. The van der Waals surface area contributed by atoms with Gasteiger partial charge in [0.2, 0.25) is 0 Å². The van der Waals surface area contributed by atoms with E-state index in [-0.39, 0.29) is 31.5 Å². The highest BCUT2D eigenvalue weighted by atomic mass is 31.2. The molecule has 1 atom stereocenters. The third-order valence-corrected chi connectivity index (χ3v) is 7.31. The molecule has 0 bridgehead atoms. The van der Waals surface area contributed by atoms with Crippen LogP contribution in [0.25, 0.3) is 0 Å². The first kappa shape index (κ1) is 42.7. The normalized spacial score (nSPS) is 13.0. The topological polar surface area (TPSA) is 136 Å². The van der Waals surface area contributed by atoms with Gasteiger partial charge in [-0.3, -0.25) is 18.9 Å². The molecule has 9 nitrogen and oxygen atoms in total. The van der Waals surface area contributed by atoms with Crippen LogP contribution in [0.4, 0.5) is 0 Å². The van der Waals surface area contributed by atoms with E-state index >= 15 is 0 Å².